The largest absolute Gasteiger partial charge is 0.398 e. The van der Waals surface area contributed by atoms with E-state index in [1.54, 1.807) is 0 Å². The van der Waals surface area contributed by atoms with E-state index in [0.717, 1.165) is 28.8 Å². The van der Waals surface area contributed by atoms with E-state index in [4.69, 9.17) is 5.73 Å². The third-order valence-electron chi connectivity index (χ3n) is 2.44. The maximum absolute atomic E-state index is 5.89. The maximum atomic E-state index is 5.89. The molecule has 0 saturated heterocycles. The SMILES string of the molecule is CCN(CC)c1cc(N)c(C)cc1Br. The molecule has 0 atom stereocenters. The smallest absolute Gasteiger partial charge is 0.0531 e. The second-order valence-corrected chi connectivity index (χ2v) is 4.19. The molecule has 0 aliphatic carbocycles. The normalized spacial score (nSPS) is 10.3. The van der Waals surface area contributed by atoms with E-state index in [1.165, 1.54) is 5.69 Å². The zero-order chi connectivity index (χ0) is 10.7. The lowest BCUT2D eigenvalue weighted by molar-refractivity contribution is 0.864. The molecule has 0 aliphatic heterocycles. The van der Waals surface area contributed by atoms with Gasteiger partial charge in [0.25, 0.3) is 0 Å². The van der Waals surface area contributed by atoms with Gasteiger partial charge in [0.2, 0.25) is 0 Å². The van der Waals surface area contributed by atoms with Crippen molar-refractivity contribution in [3.63, 3.8) is 0 Å². The first kappa shape index (κ1) is 11.4. The van der Waals surface area contributed by atoms with Crippen LogP contribution in [0.5, 0.6) is 0 Å². The summed E-state index contributed by atoms with van der Waals surface area (Å²) < 4.78 is 1.12. The molecule has 0 saturated carbocycles. The molecule has 1 rings (SSSR count). The van der Waals surface area contributed by atoms with Crippen molar-refractivity contribution in [1.82, 2.24) is 0 Å². The van der Waals surface area contributed by atoms with E-state index in [2.05, 4.69) is 40.7 Å². The topological polar surface area (TPSA) is 29.3 Å². The number of nitrogens with two attached hydrogens (primary N) is 1. The Hall–Kier alpha value is -0.700. The van der Waals surface area contributed by atoms with Crippen molar-refractivity contribution in [2.45, 2.75) is 20.8 Å². The van der Waals surface area contributed by atoms with Gasteiger partial charge in [-0.2, -0.15) is 0 Å². The van der Waals surface area contributed by atoms with Gasteiger partial charge in [-0.1, -0.05) is 0 Å². The quantitative estimate of drug-likeness (QED) is 0.842. The molecule has 3 heteroatoms. The monoisotopic (exact) mass is 256 g/mol. The molecule has 14 heavy (non-hydrogen) atoms. The average molecular weight is 257 g/mol. The molecule has 0 bridgehead atoms. The van der Waals surface area contributed by atoms with Gasteiger partial charge in [-0.15, -0.1) is 0 Å². The number of nitrogen functional groups attached to an aromatic ring is 1. The van der Waals surface area contributed by atoms with Crippen LogP contribution in [-0.4, -0.2) is 13.1 Å². The molecule has 1 aromatic carbocycles. The van der Waals surface area contributed by atoms with Gasteiger partial charge in [-0.25, -0.2) is 0 Å². The molecule has 0 radical (unpaired) electrons. The first-order chi connectivity index (χ1) is 6.60. The fourth-order valence-electron chi connectivity index (χ4n) is 1.48. The Bertz CT molecular complexity index is 319. The lowest BCUT2D eigenvalue weighted by Gasteiger charge is -2.23. The van der Waals surface area contributed by atoms with E-state index in [0.29, 0.717) is 0 Å². The predicted molar refractivity (Wildman–Crippen MR) is 66.9 cm³/mol. The van der Waals surface area contributed by atoms with Crippen LogP contribution in [-0.2, 0) is 0 Å². The minimum Gasteiger partial charge on any atom is -0.398 e. The fourth-order valence-corrected chi connectivity index (χ4v) is 2.19. The van der Waals surface area contributed by atoms with E-state index in [1.807, 2.05) is 13.0 Å². The van der Waals surface area contributed by atoms with Crippen molar-refractivity contribution in [1.29, 1.82) is 0 Å². The first-order valence-corrected chi connectivity index (χ1v) is 5.70. The number of nitrogens with zero attached hydrogens (tertiary/aromatic N) is 1. The summed E-state index contributed by atoms with van der Waals surface area (Å²) >= 11 is 3.57. The summed E-state index contributed by atoms with van der Waals surface area (Å²) in [5, 5.41) is 0. The molecule has 0 aliphatic rings. The molecular formula is C11H17BrN2. The van der Waals surface area contributed by atoms with E-state index >= 15 is 0 Å². The van der Waals surface area contributed by atoms with Crippen LogP contribution in [0, 0.1) is 6.92 Å². The van der Waals surface area contributed by atoms with Crippen molar-refractivity contribution in [3.05, 3.63) is 22.2 Å². The Morgan fingerprint density at radius 2 is 1.86 bits per heavy atom. The minimum atomic E-state index is 0.857. The maximum Gasteiger partial charge on any atom is 0.0531 e. The van der Waals surface area contributed by atoms with Crippen LogP contribution in [0.25, 0.3) is 0 Å². The number of hydrogen-bond acceptors (Lipinski definition) is 2. The molecule has 0 heterocycles. The Kier molecular flexibility index (Phi) is 3.81. The Labute approximate surface area is 94.2 Å². The molecule has 2 nitrogen and oxygen atoms in total. The number of hydrogen-bond donors (Lipinski definition) is 1. The van der Waals surface area contributed by atoms with Gasteiger partial charge in [-0.3, -0.25) is 0 Å². The fraction of sp³-hybridized carbons (Fsp3) is 0.455. The van der Waals surface area contributed by atoms with E-state index in [9.17, 15) is 0 Å². The Balaban J connectivity index is 3.14. The summed E-state index contributed by atoms with van der Waals surface area (Å²) in [6, 6.07) is 4.11. The van der Waals surface area contributed by atoms with Gasteiger partial charge in [-0.05, 0) is 54.4 Å². The number of halogens is 1. The average Bonchev–Trinajstić information content (AvgIpc) is 2.15. The second-order valence-electron chi connectivity index (χ2n) is 3.33. The van der Waals surface area contributed by atoms with Crippen LogP contribution in [0.15, 0.2) is 16.6 Å². The van der Waals surface area contributed by atoms with E-state index < -0.39 is 0 Å². The molecule has 78 valence electrons. The highest BCUT2D eigenvalue weighted by Crippen LogP contribution is 2.30. The van der Waals surface area contributed by atoms with Crippen LogP contribution in [0.1, 0.15) is 19.4 Å². The Morgan fingerprint density at radius 3 is 2.36 bits per heavy atom. The summed E-state index contributed by atoms with van der Waals surface area (Å²) in [4.78, 5) is 2.28. The van der Waals surface area contributed by atoms with Gasteiger partial charge in [0.1, 0.15) is 0 Å². The van der Waals surface area contributed by atoms with Crippen molar-refractivity contribution in [2.24, 2.45) is 0 Å². The lowest BCUT2D eigenvalue weighted by atomic mass is 10.1. The van der Waals surface area contributed by atoms with Crippen LogP contribution < -0.4 is 10.6 Å². The highest BCUT2D eigenvalue weighted by molar-refractivity contribution is 9.10. The van der Waals surface area contributed by atoms with Gasteiger partial charge < -0.3 is 10.6 Å². The van der Waals surface area contributed by atoms with Gasteiger partial charge >= 0.3 is 0 Å². The van der Waals surface area contributed by atoms with Crippen LogP contribution >= 0.6 is 15.9 Å². The zero-order valence-corrected chi connectivity index (χ0v) is 10.6. The van der Waals surface area contributed by atoms with Gasteiger partial charge in [0.15, 0.2) is 0 Å². The molecule has 0 unspecified atom stereocenters. The summed E-state index contributed by atoms with van der Waals surface area (Å²) in [7, 11) is 0. The Morgan fingerprint density at radius 1 is 1.29 bits per heavy atom. The molecule has 0 amide bonds. The summed E-state index contributed by atoms with van der Waals surface area (Å²) in [5.74, 6) is 0. The third kappa shape index (κ3) is 2.21. The number of rotatable bonds is 3. The standard InChI is InChI=1S/C11H17BrN2/c1-4-14(5-2)11-7-10(13)8(3)6-9(11)12/h6-7H,4-5,13H2,1-3H3. The van der Waals surface area contributed by atoms with Crippen molar-refractivity contribution in [2.75, 3.05) is 23.7 Å². The third-order valence-corrected chi connectivity index (χ3v) is 3.07. The van der Waals surface area contributed by atoms with Gasteiger partial charge in [0.05, 0.1) is 5.69 Å². The van der Waals surface area contributed by atoms with Crippen molar-refractivity contribution in [3.8, 4) is 0 Å². The van der Waals surface area contributed by atoms with Crippen molar-refractivity contribution >= 4 is 27.3 Å². The number of aryl methyl sites for hydroxylation is 1. The van der Waals surface area contributed by atoms with Crippen molar-refractivity contribution < 1.29 is 0 Å². The molecule has 0 aromatic heterocycles. The second kappa shape index (κ2) is 4.69. The molecule has 0 fully saturated rings. The molecular weight excluding hydrogens is 240 g/mol. The van der Waals surface area contributed by atoms with Crippen LogP contribution in [0.2, 0.25) is 0 Å². The molecule has 1 aromatic rings. The summed E-state index contributed by atoms with van der Waals surface area (Å²) in [6.07, 6.45) is 0. The highest BCUT2D eigenvalue weighted by atomic mass is 79.9. The summed E-state index contributed by atoms with van der Waals surface area (Å²) in [5.41, 5.74) is 9.04. The minimum absolute atomic E-state index is 0.857. The summed E-state index contributed by atoms with van der Waals surface area (Å²) in [6.45, 7) is 8.30. The molecule has 2 N–H and O–H groups in total. The highest BCUT2D eigenvalue weighted by Gasteiger charge is 2.08. The lowest BCUT2D eigenvalue weighted by Crippen LogP contribution is -2.22. The first-order valence-electron chi connectivity index (χ1n) is 4.90. The molecule has 0 spiro atoms. The van der Waals surface area contributed by atoms with Crippen LogP contribution in [0.3, 0.4) is 0 Å². The number of benzene rings is 1. The van der Waals surface area contributed by atoms with E-state index in [-0.39, 0.29) is 0 Å². The van der Waals surface area contributed by atoms with Crippen LogP contribution in [0.4, 0.5) is 11.4 Å². The number of anilines is 2. The van der Waals surface area contributed by atoms with Gasteiger partial charge in [0, 0.05) is 23.2 Å². The zero-order valence-electron chi connectivity index (χ0n) is 8.97. The predicted octanol–water partition coefficient (Wildman–Crippen LogP) is 3.19.